The van der Waals surface area contributed by atoms with Crippen molar-refractivity contribution in [1.82, 2.24) is 5.32 Å². The summed E-state index contributed by atoms with van der Waals surface area (Å²) in [6, 6.07) is 10.3. The van der Waals surface area contributed by atoms with E-state index in [0.29, 0.717) is 19.6 Å². The Morgan fingerprint density at radius 3 is 2.83 bits per heavy atom. The summed E-state index contributed by atoms with van der Waals surface area (Å²) in [6.07, 6.45) is 1.46. The highest BCUT2D eigenvalue weighted by Crippen LogP contribution is 2.12. The Labute approximate surface area is 113 Å². The second-order valence-corrected chi connectivity index (χ2v) is 5.09. The van der Waals surface area contributed by atoms with Gasteiger partial charge in [0.05, 0.1) is 0 Å². The van der Waals surface area contributed by atoms with Crippen molar-refractivity contribution in [2.45, 2.75) is 18.6 Å². The third kappa shape index (κ3) is 7.35. The van der Waals surface area contributed by atoms with Gasteiger partial charge in [-0.3, -0.25) is 4.79 Å². The molecule has 0 aliphatic carbocycles. The second kappa shape index (κ2) is 9.97. The van der Waals surface area contributed by atoms with Crippen LogP contribution in [0.4, 0.5) is 0 Å². The number of benzene rings is 1. The van der Waals surface area contributed by atoms with Gasteiger partial charge >= 0.3 is 0 Å². The molecule has 0 unspecified atom stereocenters. The molecule has 18 heavy (non-hydrogen) atoms. The molecule has 100 valence electrons. The Bertz CT molecular complexity index is 330. The van der Waals surface area contributed by atoms with Gasteiger partial charge in [-0.1, -0.05) is 30.3 Å². The number of hydrogen-bond acceptors (Lipinski definition) is 3. The molecular formula is C14H21NO2S. The van der Waals surface area contributed by atoms with Crippen molar-refractivity contribution in [3.63, 3.8) is 0 Å². The van der Waals surface area contributed by atoms with Crippen LogP contribution < -0.4 is 5.32 Å². The first-order chi connectivity index (χ1) is 8.83. The van der Waals surface area contributed by atoms with Gasteiger partial charge in [-0.05, 0) is 12.0 Å². The minimum absolute atomic E-state index is 0.131. The molecule has 0 aliphatic rings. The summed E-state index contributed by atoms with van der Waals surface area (Å²) >= 11 is 1.79. The van der Waals surface area contributed by atoms with E-state index in [9.17, 15) is 4.79 Å². The fourth-order valence-corrected chi connectivity index (χ4v) is 2.36. The van der Waals surface area contributed by atoms with Gasteiger partial charge in [-0.15, -0.1) is 0 Å². The smallest absolute Gasteiger partial charge is 0.220 e. The molecule has 0 aliphatic heterocycles. The monoisotopic (exact) mass is 267 g/mol. The molecule has 0 atom stereocenters. The fraction of sp³-hybridized carbons (Fsp3) is 0.500. The number of nitrogens with one attached hydrogen (secondary N) is 1. The Kier molecular flexibility index (Phi) is 8.34. The Morgan fingerprint density at radius 2 is 2.11 bits per heavy atom. The summed E-state index contributed by atoms with van der Waals surface area (Å²) < 4.78 is 4.92. The van der Waals surface area contributed by atoms with Crippen LogP contribution in [-0.2, 0) is 15.3 Å². The molecule has 0 aromatic heterocycles. The SMILES string of the molecule is COCCCNC(=O)CCSCc1ccccc1. The third-order valence-electron chi connectivity index (χ3n) is 2.43. The molecule has 1 rings (SSSR count). The van der Waals surface area contributed by atoms with Crippen molar-refractivity contribution >= 4 is 17.7 Å². The van der Waals surface area contributed by atoms with Gasteiger partial charge in [0.1, 0.15) is 0 Å². The second-order valence-electron chi connectivity index (χ2n) is 3.98. The maximum atomic E-state index is 11.5. The number of amides is 1. The number of ether oxygens (including phenoxy) is 1. The molecule has 0 bridgehead atoms. The maximum Gasteiger partial charge on any atom is 0.220 e. The van der Waals surface area contributed by atoms with E-state index in [1.807, 2.05) is 18.2 Å². The van der Waals surface area contributed by atoms with E-state index in [2.05, 4.69) is 17.4 Å². The van der Waals surface area contributed by atoms with Crippen molar-refractivity contribution in [3.8, 4) is 0 Å². The lowest BCUT2D eigenvalue weighted by molar-refractivity contribution is -0.120. The summed E-state index contributed by atoms with van der Waals surface area (Å²) in [5, 5.41) is 2.88. The van der Waals surface area contributed by atoms with E-state index < -0.39 is 0 Å². The molecule has 0 fully saturated rings. The van der Waals surface area contributed by atoms with E-state index >= 15 is 0 Å². The number of carbonyl (C=O) groups excluding carboxylic acids is 1. The molecule has 0 saturated carbocycles. The van der Waals surface area contributed by atoms with Gasteiger partial charge in [0.15, 0.2) is 0 Å². The first-order valence-electron chi connectivity index (χ1n) is 6.20. The predicted octanol–water partition coefficient (Wildman–Crippen LogP) is 2.46. The van der Waals surface area contributed by atoms with Crippen LogP contribution in [0.5, 0.6) is 0 Å². The number of thioether (sulfide) groups is 1. The van der Waals surface area contributed by atoms with Crippen LogP contribution in [-0.4, -0.2) is 31.9 Å². The van der Waals surface area contributed by atoms with Crippen LogP contribution in [0.15, 0.2) is 30.3 Å². The van der Waals surface area contributed by atoms with Gasteiger partial charge in [0.25, 0.3) is 0 Å². The zero-order valence-electron chi connectivity index (χ0n) is 10.9. The van der Waals surface area contributed by atoms with Crippen molar-refractivity contribution in [2.75, 3.05) is 26.0 Å². The average Bonchev–Trinajstić information content (AvgIpc) is 2.41. The van der Waals surface area contributed by atoms with E-state index in [1.54, 1.807) is 18.9 Å². The number of hydrogen-bond donors (Lipinski definition) is 1. The predicted molar refractivity (Wildman–Crippen MR) is 76.7 cm³/mol. The molecule has 0 radical (unpaired) electrons. The zero-order chi connectivity index (χ0) is 13.1. The lowest BCUT2D eigenvalue weighted by Crippen LogP contribution is -2.25. The van der Waals surface area contributed by atoms with E-state index in [1.165, 1.54) is 5.56 Å². The van der Waals surface area contributed by atoms with Crippen LogP contribution >= 0.6 is 11.8 Å². The molecule has 0 spiro atoms. The molecule has 0 heterocycles. The van der Waals surface area contributed by atoms with Crippen LogP contribution in [0.1, 0.15) is 18.4 Å². The zero-order valence-corrected chi connectivity index (χ0v) is 11.7. The highest BCUT2D eigenvalue weighted by Gasteiger charge is 2.00. The summed E-state index contributed by atoms with van der Waals surface area (Å²) in [7, 11) is 1.67. The Morgan fingerprint density at radius 1 is 1.33 bits per heavy atom. The molecule has 4 heteroatoms. The molecule has 1 aromatic carbocycles. The highest BCUT2D eigenvalue weighted by atomic mass is 32.2. The maximum absolute atomic E-state index is 11.5. The van der Waals surface area contributed by atoms with Crippen LogP contribution in [0, 0.1) is 0 Å². The van der Waals surface area contributed by atoms with Crippen molar-refractivity contribution in [2.24, 2.45) is 0 Å². The van der Waals surface area contributed by atoms with Gasteiger partial charge in [-0.25, -0.2) is 0 Å². The van der Waals surface area contributed by atoms with E-state index in [-0.39, 0.29) is 5.91 Å². The Hall–Kier alpha value is -1.00. The van der Waals surface area contributed by atoms with Crippen LogP contribution in [0.3, 0.4) is 0 Å². The van der Waals surface area contributed by atoms with Crippen molar-refractivity contribution in [1.29, 1.82) is 0 Å². The molecule has 1 aromatic rings. The van der Waals surface area contributed by atoms with Gasteiger partial charge < -0.3 is 10.1 Å². The number of methoxy groups -OCH3 is 1. The van der Waals surface area contributed by atoms with Crippen LogP contribution in [0.2, 0.25) is 0 Å². The summed E-state index contributed by atoms with van der Waals surface area (Å²) in [5.41, 5.74) is 1.31. The Balaban J connectivity index is 1.99. The largest absolute Gasteiger partial charge is 0.385 e. The minimum atomic E-state index is 0.131. The minimum Gasteiger partial charge on any atom is -0.385 e. The molecular weight excluding hydrogens is 246 g/mol. The topological polar surface area (TPSA) is 38.3 Å². The lowest BCUT2D eigenvalue weighted by Gasteiger charge is -2.05. The van der Waals surface area contributed by atoms with Crippen molar-refractivity contribution < 1.29 is 9.53 Å². The fourth-order valence-electron chi connectivity index (χ4n) is 1.46. The quantitative estimate of drug-likeness (QED) is 0.699. The van der Waals surface area contributed by atoms with Crippen LogP contribution in [0.25, 0.3) is 0 Å². The molecule has 3 nitrogen and oxygen atoms in total. The molecule has 1 N–H and O–H groups in total. The molecule has 1 amide bonds. The number of carbonyl (C=O) groups is 1. The lowest BCUT2D eigenvalue weighted by atomic mass is 10.2. The number of rotatable bonds is 9. The normalized spacial score (nSPS) is 10.3. The standard InChI is InChI=1S/C14H21NO2S/c1-17-10-5-9-15-14(16)8-11-18-12-13-6-3-2-4-7-13/h2-4,6-7H,5,8-12H2,1H3,(H,15,16). The first kappa shape index (κ1) is 15.1. The van der Waals surface area contributed by atoms with Gasteiger partial charge in [0.2, 0.25) is 5.91 Å². The third-order valence-corrected chi connectivity index (χ3v) is 3.46. The van der Waals surface area contributed by atoms with Gasteiger partial charge in [0, 0.05) is 38.2 Å². The van der Waals surface area contributed by atoms with Gasteiger partial charge in [-0.2, -0.15) is 11.8 Å². The first-order valence-corrected chi connectivity index (χ1v) is 7.35. The highest BCUT2D eigenvalue weighted by molar-refractivity contribution is 7.98. The van der Waals surface area contributed by atoms with Crippen molar-refractivity contribution in [3.05, 3.63) is 35.9 Å². The summed E-state index contributed by atoms with van der Waals surface area (Å²) in [4.78, 5) is 11.5. The molecule has 0 saturated heterocycles. The van der Waals surface area contributed by atoms with E-state index in [0.717, 1.165) is 17.9 Å². The summed E-state index contributed by atoms with van der Waals surface area (Å²) in [5.74, 6) is 1.97. The summed E-state index contributed by atoms with van der Waals surface area (Å²) in [6.45, 7) is 1.40. The average molecular weight is 267 g/mol. The van der Waals surface area contributed by atoms with E-state index in [4.69, 9.17) is 4.74 Å².